The highest BCUT2D eigenvalue weighted by Gasteiger charge is 2.37. The Bertz CT molecular complexity index is 867. The van der Waals surface area contributed by atoms with Crippen molar-refractivity contribution in [2.45, 2.75) is 102 Å². The fourth-order valence-electron chi connectivity index (χ4n) is 7.98. The molecule has 6 atom stereocenters. The van der Waals surface area contributed by atoms with Crippen LogP contribution in [0.2, 0.25) is 0 Å². The first-order valence-electron chi connectivity index (χ1n) is 13.9. The van der Waals surface area contributed by atoms with E-state index in [1.807, 2.05) is 6.20 Å². The summed E-state index contributed by atoms with van der Waals surface area (Å²) in [6, 6.07) is 3.60. The Labute approximate surface area is 200 Å². The average Bonchev–Trinajstić information content (AvgIpc) is 3.37. The molecule has 6 unspecified atom stereocenters. The first kappa shape index (κ1) is 23.1. The number of anilines is 1. The number of H-pyrrole nitrogens is 1. The van der Waals surface area contributed by atoms with E-state index in [9.17, 15) is 0 Å². The number of rotatable bonds is 3. The molecule has 4 fully saturated rings. The van der Waals surface area contributed by atoms with E-state index >= 15 is 0 Å². The second kappa shape index (κ2) is 10.8. The lowest BCUT2D eigenvalue weighted by Crippen LogP contribution is -2.45. The Balaban J connectivity index is 0.000000162. The van der Waals surface area contributed by atoms with Gasteiger partial charge in [-0.1, -0.05) is 64.2 Å². The maximum Gasteiger partial charge on any atom is 0.142 e. The third-order valence-corrected chi connectivity index (χ3v) is 9.65. The van der Waals surface area contributed by atoms with E-state index < -0.39 is 0 Å². The second-order valence-electron chi connectivity index (χ2n) is 11.3. The molecule has 4 aliphatic rings. The van der Waals surface area contributed by atoms with Crippen LogP contribution in [0.3, 0.4) is 0 Å². The Kier molecular flexibility index (Phi) is 7.54. The maximum absolute atomic E-state index is 4.59. The van der Waals surface area contributed by atoms with Crippen molar-refractivity contribution in [2.24, 2.45) is 23.7 Å². The minimum Gasteiger partial charge on any atom is -0.356 e. The molecule has 0 amide bonds. The van der Waals surface area contributed by atoms with Gasteiger partial charge in [0.2, 0.25) is 0 Å². The number of hydrogen-bond donors (Lipinski definition) is 2. The van der Waals surface area contributed by atoms with Crippen LogP contribution >= 0.6 is 0 Å². The molecule has 0 spiro atoms. The minimum absolute atomic E-state index is 0.650. The van der Waals surface area contributed by atoms with Gasteiger partial charge in [0, 0.05) is 25.3 Å². The zero-order valence-electron chi connectivity index (χ0n) is 20.9. The van der Waals surface area contributed by atoms with Crippen molar-refractivity contribution < 1.29 is 0 Å². The van der Waals surface area contributed by atoms with Crippen molar-refractivity contribution >= 4 is 16.9 Å². The minimum atomic E-state index is 0.650. The molecule has 6 rings (SSSR count). The standard InChI is InChI=1S/C17H24N4.C11H21N/c1-21(17-14-9-10-18-16(14)19-11-20-17)15-8-4-6-12-5-2-3-7-13(12)15;1-12-11-8-4-6-9-5-2-3-7-10(9)11/h9-13,15H,2-8H2,1H3,(H,18,19,20);9-12H,2-8H2,1H3. The van der Waals surface area contributed by atoms with Gasteiger partial charge in [0.05, 0.1) is 5.39 Å². The third-order valence-electron chi connectivity index (χ3n) is 9.65. The Hall–Kier alpha value is -1.62. The Morgan fingerprint density at radius 2 is 1.48 bits per heavy atom. The summed E-state index contributed by atoms with van der Waals surface area (Å²) >= 11 is 0. The molecular formula is C28H45N5. The highest BCUT2D eigenvalue weighted by atomic mass is 15.2. The van der Waals surface area contributed by atoms with Gasteiger partial charge in [-0.3, -0.25) is 0 Å². The quantitative estimate of drug-likeness (QED) is 0.573. The van der Waals surface area contributed by atoms with Crippen molar-refractivity contribution in [2.75, 3.05) is 19.0 Å². The summed E-state index contributed by atoms with van der Waals surface area (Å²) in [5.41, 5.74) is 0.947. The number of nitrogens with one attached hydrogen (secondary N) is 2. The second-order valence-corrected chi connectivity index (χ2v) is 11.3. The molecule has 4 aliphatic carbocycles. The van der Waals surface area contributed by atoms with E-state index in [2.05, 4.69) is 45.3 Å². The normalized spacial score (nSPS) is 34.0. The number of aromatic nitrogens is 3. The first-order valence-corrected chi connectivity index (χ1v) is 13.9. The topological polar surface area (TPSA) is 56.8 Å². The largest absolute Gasteiger partial charge is 0.356 e. The lowest BCUT2D eigenvalue weighted by molar-refractivity contribution is 0.131. The van der Waals surface area contributed by atoms with Crippen LogP contribution in [0.1, 0.15) is 89.9 Å². The fourth-order valence-corrected chi connectivity index (χ4v) is 7.98. The molecule has 0 aromatic carbocycles. The van der Waals surface area contributed by atoms with Crippen LogP contribution in [-0.4, -0.2) is 41.1 Å². The van der Waals surface area contributed by atoms with Gasteiger partial charge in [-0.15, -0.1) is 0 Å². The summed E-state index contributed by atoms with van der Waals surface area (Å²) in [7, 11) is 4.37. The van der Waals surface area contributed by atoms with Crippen LogP contribution < -0.4 is 10.2 Å². The Morgan fingerprint density at radius 1 is 0.818 bits per heavy atom. The lowest BCUT2D eigenvalue weighted by Gasteiger charge is -2.45. The van der Waals surface area contributed by atoms with E-state index in [1.165, 1.54) is 89.9 Å². The van der Waals surface area contributed by atoms with Crippen molar-refractivity contribution in [3.63, 3.8) is 0 Å². The SMILES string of the molecule is CN(c1ncnc2[nH]ccc12)C1CCCC2CCCCC21.CNC1CCCC2CCCCC21. The fraction of sp³-hybridized carbons (Fsp3) is 0.786. The smallest absolute Gasteiger partial charge is 0.142 e. The van der Waals surface area contributed by atoms with Gasteiger partial charge in [-0.25, -0.2) is 9.97 Å². The van der Waals surface area contributed by atoms with E-state index in [0.717, 1.165) is 46.6 Å². The summed E-state index contributed by atoms with van der Waals surface area (Å²) in [6.45, 7) is 0. The van der Waals surface area contributed by atoms with Crippen LogP contribution in [0.15, 0.2) is 18.6 Å². The summed E-state index contributed by atoms with van der Waals surface area (Å²) in [4.78, 5) is 14.5. The van der Waals surface area contributed by atoms with Gasteiger partial charge in [-0.2, -0.15) is 0 Å². The molecule has 33 heavy (non-hydrogen) atoms. The van der Waals surface area contributed by atoms with Crippen LogP contribution in [-0.2, 0) is 0 Å². The van der Waals surface area contributed by atoms with E-state index in [4.69, 9.17) is 0 Å². The van der Waals surface area contributed by atoms with E-state index in [0.29, 0.717) is 6.04 Å². The zero-order valence-corrected chi connectivity index (χ0v) is 20.9. The van der Waals surface area contributed by atoms with Gasteiger partial charge in [0.1, 0.15) is 17.8 Å². The van der Waals surface area contributed by atoms with Gasteiger partial charge in [-0.05, 0) is 62.5 Å². The number of nitrogens with zero attached hydrogens (tertiary/aromatic N) is 3. The summed E-state index contributed by atoms with van der Waals surface area (Å²) in [5.74, 6) is 5.00. The molecule has 5 heteroatoms. The number of aromatic amines is 1. The molecular weight excluding hydrogens is 406 g/mol. The van der Waals surface area contributed by atoms with E-state index in [-0.39, 0.29) is 0 Å². The van der Waals surface area contributed by atoms with Crippen LogP contribution in [0.25, 0.3) is 11.0 Å². The van der Waals surface area contributed by atoms with Crippen molar-refractivity contribution in [1.29, 1.82) is 0 Å². The maximum atomic E-state index is 4.59. The number of fused-ring (bicyclic) bond motifs is 3. The van der Waals surface area contributed by atoms with Gasteiger partial charge < -0.3 is 15.2 Å². The lowest BCUT2D eigenvalue weighted by atomic mass is 9.68. The molecule has 0 radical (unpaired) electrons. The molecule has 2 aromatic rings. The van der Waals surface area contributed by atoms with Gasteiger partial charge in [0.15, 0.2) is 0 Å². The molecule has 0 aliphatic heterocycles. The zero-order chi connectivity index (χ0) is 22.6. The molecule has 182 valence electrons. The third kappa shape index (κ3) is 4.94. The van der Waals surface area contributed by atoms with Crippen LogP contribution in [0, 0.1) is 23.7 Å². The molecule has 0 bridgehead atoms. The van der Waals surface area contributed by atoms with Gasteiger partial charge in [0.25, 0.3) is 0 Å². The first-order chi connectivity index (χ1) is 16.3. The van der Waals surface area contributed by atoms with Crippen molar-refractivity contribution in [3.05, 3.63) is 18.6 Å². The molecule has 2 heterocycles. The van der Waals surface area contributed by atoms with Crippen molar-refractivity contribution in [3.8, 4) is 0 Å². The average molecular weight is 452 g/mol. The molecule has 4 saturated carbocycles. The molecule has 5 nitrogen and oxygen atoms in total. The summed E-state index contributed by atoms with van der Waals surface area (Å²) < 4.78 is 0. The molecule has 2 N–H and O–H groups in total. The van der Waals surface area contributed by atoms with Gasteiger partial charge >= 0.3 is 0 Å². The summed E-state index contributed by atoms with van der Waals surface area (Å²) in [6.07, 6.45) is 23.9. The number of hydrogen-bond acceptors (Lipinski definition) is 4. The highest BCUT2D eigenvalue weighted by molar-refractivity contribution is 5.87. The summed E-state index contributed by atoms with van der Waals surface area (Å²) in [5, 5.41) is 4.65. The predicted octanol–water partition coefficient (Wildman–Crippen LogP) is 6.32. The highest BCUT2D eigenvalue weighted by Crippen LogP contribution is 2.43. The predicted molar refractivity (Wildman–Crippen MR) is 138 cm³/mol. The van der Waals surface area contributed by atoms with Crippen LogP contribution in [0.4, 0.5) is 5.82 Å². The monoisotopic (exact) mass is 451 g/mol. The molecule has 0 saturated heterocycles. The van der Waals surface area contributed by atoms with Crippen LogP contribution in [0.5, 0.6) is 0 Å². The van der Waals surface area contributed by atoms with E-state index in [1.54, 1.807) is 6.33 Å². The Morgan fingerprint density at radius 3 is 2.27 bits per heavy atom. The van der Waals surface area contributed by atoms with Crippen molar-refractivity contribution in [1.82, 2.24) is 20.3 Å². The molecule has 2 aromatic heterocycles.